The van der Waals surface area contributed by atoms with Gasteiger partial charge in [0.25, 0.3) is 0 Å². The standard InChI is InChI=1S/C24H46O4/c1-3-5-6-7-8-9-10-11-12-13-14-15-16-17-18-19-20-27-22-23(21-25)28-24(26)4-2/h11-12,23,25H,3-10,13-22H2,1-2H3/b12-11-. The second-order valence-electron chi connectivity index (χ2n) is 7.66. The quantitative estimate of drug-likeness (QED) is 0.139. The molecule has 4 nitrogen and oxygen atoms in total. The molecule has 4 heteroatoms. The van der Waals surface area contributed by atoms with Gasteiger partial charge in [-0.1, -0.05) is 83.8 Å². The third-order valence-corrected chi connectivity index (χ3v) is 4.89. The molecule has 28 heavy (non-hydrogen) atoms. The van der Waals surface area contributed by atoms with Crippen LogP contribution in [0.5, 0.6) is 0 Å². The van der Waals surface area contributed by atoms with E-state index in [1.54, 1.807) is 6.92 Å². The number of carbonyl (C=O) groups excluding carboxylic acids is 1. The predicted molar refractivity (Wildman–Crippen MR) is 118 cm³/mol. The Bertz CT molecular complexity index is 355. The number of aliphatic hydroxyl groups is 1. The maximum absolute atomic E-state index is 11.2. The first-order valence-corrected chi connectivity index (χ1v) is 11.8. The summed E-state index contributed by atoms with van der Waals surface area (Å²) in [7, 11) is 0. The van der Waals surface area contributed by atoms with Crippen LogP contribution in [-0.2, 0) is 14.3 Å². The van der Waals surface area contributed by atoms with Crippen molar-refractivity contribution in [3.05, 3.63) is 12.2 Å². The van der Waals surface area contributed by atoms with Crippen LogP contribution in [0.4, 0.5) is 0 Å². The molecule has 0 aromatic rings. The lowest BCUT2D eigenvalue weighted by Gasteiger charge is -2.15. The highest BCUT2D eigenvalue weighted by atomic mass is 16.6. The lowest BCUT2D eigenvalue weighted by atomic mass is 10.1. The highest BCUT2D eigenvalue weighted by molar-refractivity contribution is 5.69. The summed E-state index contributed by atoms with van der Waals surface area (Å²) in [6.07, 6.45) is 22.6. The number of hydrogen-bond acceptors (Lipinski definition) is 4. The lowest BCUT2D eigenvalue weighted by Crippen LogP contribution is -2.27. The van der Waals surface area contributed by atoms with Gasteiger partial charge in [-0.2, -0.15) is 0 Å². The van der Waals surface area contributed by atoms with Gasteiger partial charge in [-0.25, -0.2) is 0 Å². The number of esters is 1. The van der Waals surface area contributed by atoms with E-state index in [1.165, 1.54) is 83.5 Å². The third kappa shape index (κ3) is 19.9. The molecule has 1 atom stereocenters. The molecular weight excluding hydrogens is 352 g/mol. The molecule has 0 aromatic heterocycles. The zero-order valence-electron chi connectivity index (χ0n) is 18.6. The molecule has 1 unspecified atom stereocenters. The molecule has 0 heterocycles. The van der Waals surface area contributed by atoms with Crippen LogP contribution in [0.15, 0.2) is 12.2 Å². The number of rotatable bonds is 21. The molecule has 0 saturated heterocycles. The van der Waals surface area contributed by atoms with Gasteiger partial charge in [0.05, 0.1) is 13.2 Å². The average Bonchev–Trinajstić information content (AvgIpc) is 2.71. The van der Waals surface area contributed by atoms with Gasteiger partial charge in [-0.05, 0) is 32.1 Å². The molecule has 0 aliphatic carbocycles. The molecule has 0 aliphatic rings. The highest BCUT2D eigenvalue weighted by Crippen LogP contribution is 2.10. The molecule has 0 aliphatic heterocycles. The Labute approximate surface area is 174 Å². The maximum atomic E-state index is 11.2. The van der Waals surface area contributed by atoms with Crippen molar-refractivity contribution < 1.29 is 19.4 Å². The molecule has 1 N–H and O–H groups in total. The second kappa shape index (κ2) is 22.4. The predicted octanol–water partition coefficient (Wildman–Crippen LogP) is 6.35. The number of ether oxygens (including phenoxy) is 2. The molecule has 0 rings (SSSR count). The molecule has 0 bridgehead atoms. The van der Waals surface area contributed by atoms with E-state index >= 15 is 0 Å². The van der Waals surface area contributed by atoms with E-state index in [9.17, 15) is 4.79 Å². The van der Waals surface area contributed by atoms with Gasteiger partial charge >= 0.3 is 5.97 Å². The monoisotopic (exact) mass is 398 g/mol. The minimum Gasteiger partial charge on any atom is -0.457 e. The topological polar surface area (TPSA) is 55.8 Å². The van der Waals surface area contributed by atoms with Crippen molar-refractivity contribution in [3.63, 3.8) is 0 Å². The van der Waals surface area contributed by atoms with Gasteiger partial charge in [0.15, 0.2) is 0 Å². The number of aliphatic hydroxyl groups excluding tert-OH is 1. The van der Waals surface area contributed by atoms with Crippen LogP contribution in [0.3, 0.4) is 0 Å². The average molecular weight is 399 g/mol. The fourth-order valence-electron chi connectivity index (χ4n) is 3.06. The molecule has 0 spiro atoms. The highest BCUT2D eigenvalue weighted by Gasteiger charge is 2.11. The Morgan fingerprint density at radius 1 is 0.821 bits per heavy atom. The Kier molecular flexibility index (Phi) is 21.7. The minimum absolute atomic E-state index is 0.181. The van der Waals surface area contributed by atoms with E-state index < -0.39 is 6.10 Å². The number of allylic oxidation sites excluding steroid dienone is 2. The fraction of sp³-hybridized carbons (Fsp3) is 0.875. The van der Waals surface area contributed by atoms with Crippen LogP contribution in [0.25, 0.3) is 0 Å². The lowest BCUT2D eigenvalue weighted by molar-refractivity contribution is -0.154. The molecule has 0 saturated carbocycles. The summed E-state index contributed by atoms with van der Waals surface area (Å²) in [5.41, 5.74) is 0. The van der Waals surface area contributed by atoms with Crippen LogP contribution >= 0.6 is 0 Å². The van der Waals surface area contributed by atoms with Gasteiger partial charge in [-0.3, -0.25) is 4.79 Å². The summed E-state index contributed by atoms with van der Waals surface area (Å²) in [5, 5.41) is 9.15. The van der Waals surface area contributed by atoms with E-state index in [0.717, 1.165) is 6.42 Å². The molecule has 0 radical (unpaired) electrons. The number of hydrogen-bond donors (Lipinski definition) is 1. The summed E-state index contributed by atoms with van der Waals surface area (Å²) in [6.45, 7) is 4.78. The van der Waals surface area contributed by atoms with Gasteiger partial charge in [0, 0.05) is 13.0 Å². The molecule has 166 valence electrons. The largest absolute Gasteiger partial charge is 0.457 e. The van der Waals surface area contributed by atoms with Crippen molar-refractivity contribution in [3.8, 4) is 0 Å². The Balaban J connectivity index is 3.26. The van der Waals surface area contributed by atoms with Crippen LogP contribution in [0.1, 0.15) is 110 Å². The zero-order valence-corrected chi connectivity index (χ0v) is 18.6. The van der Waals surface area contributed by atoms with Crippen LogP contribution in [0.2, 0.25) is 0 Å². The van der Waals surface area contributed by atoms with Gasteiger partial charge < -0.3 is 14.6 Å². The first-order valence-electron chi connectivity index (χ1n) is 11.8. The van der Waals surface area contributed by atoms with Crippen LogP contribution in [-0.4, -0.2) is 37.0 Å². The van der Waals surface area contributed by atoms with Crippen molar-refractivity contribution in [2.45, 2.75) is 116 Å². The van der Waals surface area contributed by atoms with E-state index in [0.29, 0.717) is 13.0 Å². The van der Waals surface area contributed by atoms with Crippen molar-refractivity contribution in [2.24, 2.45) is 0 Å². The van der Waals surface area contributed by atoms with E-state index in [-0.39, 0.29) is 19.2 Å². The van der Waals surface area contributed by atoms with Crippen LogP contribution < -0.4 is 0 Å². The van der Waals surface area contributed by atoms with Crippen molar-refractivity contribution in [1.82, 2.24) is 0 Å². The van der Waals surface area contributed by atoms with E-state index in [4.69, 9.17) is 14.6 Å². The summed E-state index contributed by atoms with van der Waals surface area (Å²) in [5.74, 6) is -0.292. The maximum Gasteiger partial charge on any atom is 0.305 e. The summed E-state index contributed by atoms with van der Waals surface area (Å²) >= 11 is 0. The van der Waals surface area contributed by atoms with Crippen molar-refractivity contribution in [2.75, 3.05) is 19.8 Å². The summed E-state index contributed by atoms with van der Waals surface area (Å²) < 4.78 is 10.6. The number of unbranched alkanes of at least 4 members (excludes halogenated alkanes) is 12. The van der Waals surface area contributed by atoms with Crippen LogP contribution in [0, 0.1) is 0 Å². The molecular formula is C24H46O4. The fourth-order valence-corrected chi connectivity index (χ4v) is 3.06. The zero-order chi connectivity index (χ0) is 20.7. The minimum atomic E-state index is -0.526. The van der Waals surface area contributed by atoms with Gasteiger partial charge in [0.1, 0.15) is 6.10 Å². The number of carbonyl (C=O) groups is 1. The van der Waals surface area contributed by atoms with Crippen molar-refractivity contribution >= 4 is 5.97 Å². The van der Waals surface area contributed by atoms with Crippen molar-refractivity contribution in [1.29, 1.82) is 0 Å². The Morgan fingerprint density at radius 3 is 1.89 bits per heavy atom. The second-order valence-corrected chi connectivity index (χ2v) is 7.66. The molecule has 0 aromatic carbocycles. The molecule has 0 fully saturated rings. The first-order chi connectivity index (χ1) is 13.7. The van der Waals surface area contributed by atoms with E-state index in [1.807, 2.05) is 0 Å². The Hall–Kier alpha value is -0.870. The summed E-state index contributed by atoms with van der Waals surface area (Å²) in [4.78, 5) is 11.2. The van der Waals surface area contributed by atoms with Gasteiger partial charge in [0.2, 0.25) is 0 Å². The molecule has 0 amide bonds. The summed E-state index contributed by atoms with van der Waals surface area (Å²) in [6, 6.07) is 0. The SMILES string of the molecule is CCCCCCCC/C=C\CCCCCCCCOCC(CO)OC(=O)CC. The third-order valence-electron chi connectivity index (χ3n) is 4.89. The normalized spacial score (nSPS) is 12.5. The van der Waals surface area contributed by atoms with E-state index in [2.05, 4.69) is 19.1 Å². The Morgan fingerprint density at radius 2 is 1.36 bits per heavy atom. The van der Waals surface area contributed by atoms with Gasteiger partial charge in [-0.15, -0.1) is 0 Å². The smallest absolute Gasteiger partial charge is 0.305 e. The first kappa shape index (κ1) is 27.1.